The number of hydrogen-bond acceptors (Lipinski definition) is 5. The quantitative estimate of drug-likeness (QED) is 0.598. The summed E-state index contributed by atoms with van der Waals surface area (Å²) in [5.74, 6) is 0. The van der Waals surface area contributed by atoms with E-state index in [0.717, 1.165) is 4.68 Å². The van der Waals surface area contributed by atoms with Crippen LogP contribution in [-0.4, -0.2) is 25.0 Å². The standard InChI is InChI=1S/C16H11N5O2/c22-15-14(17-12-7-3-4-8-13(12)18-15)9-21-16(23)10-5-1-2-6-11(10)19-20-21/h1-8H,9H2,(H,18,22). The third-order valence-corrected chi connectivity index (χ3v) is 3.60. The molecule has 0 radical (unpaired) electrons. The van der Waals surface area contributed by atoms with Gasteiger partial charge in [0, 0.05) is 0 Å². The van der Waals surface area contributed by atoms with Crippen LogP contribution in [0.2, 0.25) is 0 Å². The first-order valence-electron chi connectivity index (χ1n) is 7.03. The molecule has 0 aliphatic carbocycles. The van der Waals surface area contributed by atoms with Gasteiger partial charge in [0.25, 0.3) is 11.1 Å². The molecule has 0 saturated carbocycles. The number of nitrogens with zero attached hydrogens (tertiary/aromatic N) is 4. The maximum atomic E-state index is 12.4. The number of aromatic nitrogens is 5. The highest BCUT2D eigenvalue weighted by Gasteiger charge is 2.10. The Morgan fingerprint density at radius 2 is 1.70 bits per heavy atom. The van der Waals surface area contributed by atoms with Gasteiger partial charge in [0.2, 0.25) is 0 Å². The highest BCUT2D eigenvalue weighted by atomic mass is 16.1. The zero-order valence-corrected chi connectivity index (χ0v) is 11.9. The van der Waals surface area contributed by atoms with Gasteiger partial charge in [-0.1, -0.05) is 29.5 Å². The maximum absolute atomic E-state index is 12.4. The van der Waals surface area contributed by atoms with Crippen LogP contribution >= 0.6 is 0 Å². The van der Waals surface area contributed by atoms with E-state index in [-0.39, 0.29) is 23.4 Å². The maximum Gasteiger partial charge on any atom is 0.277 e. The summed E-state index contributed by atoms with van der Waals surface area (Å²) in [5, 5.41) is 8.35. The van der Waals surface area contributed by atoms with E-state index < -0.39 is 0 Å². The van der Waals surface area contributed by atoms with Crippen LogP contribution in [0, 0.1) is 0 Å². The van der Waals surface area contributed by atoms with Crippen LogP contribution in [0.25, 0.3) is 21.9 Å². The van der Waals surface area contributed by atoms with E-state index in [1.54, 1.807) is 36.4 Å². The van der Waals surface area contributed by atoms with Gasteiger partial charge < -0.3 is 4.98 Å². The summed E-state index contributed by atoms with van der Waals surface area (Å²) in [6, 6.07) is 14.2. The Morgan fingerprint density at radius 3 is 2.57 bits per heavy atom. The third kappa shape index (κ3) is 2.28. The van der Waals surface area contributed by atoms with Gasteiger partial charge >= 0.3 is 0 Å². The second-order valence-electron chi connectivity index (χ2n) is 5.10. The lowest BCUT2D eigenvalue weighted by Crippen LogP contribution is -2.28. The molecule has 0 spiro atoms. The number of para-hydroxylation sites is 2. The third-order valence-electron chi connectivity index (χ3n) is 3.60. The molecule has 1 N–H and O–H groups in total. The van der Waals surface area contributed by atoms with Crippen LogP contribution in [0.5, 0.6) is 0 Å². The molecule has 0 fully saturated rings. The van der Waals surface area contributed by atoms with E-state index in [2.05, 4.69) is 20.3 Å². The molecule has 7 nitrogen and oxygen atoms in total. The summed E-state index contributed by atoms with van der Waals surface area (Å²) in [4.78, 5) is 31.6. The minimum atomic E-state index is -0.342. The molecule has 23 heavy (non-hydrogen) atoms. The molecule has 112 valence electrons. The van der Waals surface area contributed by atoms with Crippen LogP contribution < -0.4 is 11.1 Å². The van der Waals surface area contributed by atoms with Crippen molar-refractivity contribution in [1.82, 2.24) is 25.0 Å². The van der Waals surface area contributed by atoms with Gasteiger partial charge in [-0.05, 0) is 24.3 Å². The Bertz CT molecular complexity index is 1140. The summed E-state index contributed by atoms with van der Waals surface area (Å²) in [6.07, 6.45) is 0. The SMILES string of the molecule is O=c1[nH]c2ccccc2nc1Cn1nnc2ccccc2c1=O. The Morgan fingerprint density at radius 1 is 0.957 bits per heavy atom. The fraction of sp³-hybridized carbons (Fsp3) is 0.0625. The van der Waals surface area contributed by atoms with E-state index in [0.29, 0.717) is 21.9 Å². The molecule has 0 amide bonds. The second-order valence-corrected chi connectivity index (χ2v) is 5.10. The number of hydrogen-bond donors (Lipinski definition) is 1. The second kappa shape index (κ2) is 5.13. The van der Waals surface area contributed by atoms with Crippen molar-refractivity contribution in [3.8, 4) is 0 Å². The zero-order chi connectivity index (χ0) is 15.8. The monoisotopic (exact) mass is 305 g/mol. The minimum Gasteiger partial charge on any atom is -0.319 e. The molecule has 2 heterocycles. The van der Waals surface area contributed by atoms with Crippen molar-refractivity contribution in [2.75, 3.05) is 0 Å². The molecule has 0 bridgehead atoms. The van der Waals surface area contributed by atoms with E-state index in [1.807, 2.05) is 12.1 Å². The minimum absolute atomic E-state index is 0.0309. The lowest BCUT2D eigenvalue weighted by Gasteiger charge is -2.05. The molecule has 7 heteroatoms. The van der Waals surface area contributed by atoms with Crippen molar-refractivity contribution in [3.05, 3.63) is 74.9 Å². The van der Waals surface area contributed by atoms with Gasteiger partial charge in [-0.15, -0.1) is 5.10 Å². The van der Waals surface area contributed by atoms with Crippen LogP contribution in [0.3, 0.4) is 0 Å². The first-order chi connectivity index (χ1) is 11.2. The van der Waals surface area contributed by atoms with E-state index in [1.165, 1.54) is 0 Å². The van der Waals surface area contributed by atoms with Gasteiger partial charge in [0.1, 0.15) is 11.2 Å². The predicted molar refractivity (Wildman–Crippen MR) is 85.3 cm³/mol. The molecule has 0 unspecified atom stereocenters. The highest BCUT2D eigenvalue weighted by Crippen LogP contribution is 2.07. The molecular formula is C16H11N5O2. The van der Waals surface area contributed by atoms with Gasteiger partial charge in [0.15, 0.2) is 0 Å². The Hall–Kier alpha value is -3.35. The first kappa shape index (κ1) is 13.3. The molecule has 2 aromatic carbocycles. The summed E-state index contributed by atoms with van der Waals surface area (Å²) < 4.78 is 1.15. The lowest BCUT2D eigenvalue weighted by molar-refractivity contribution is 0.589. The van der Waals surface area contributed by atoms with Crippen LogP contribution in [0.15, 0.2) is 58.1 Å². The van der Waals surface area contributed by atoms with Crippen molar-refractivity contribution < 1.29 is 0 Å². The van der Waals surface area contributed by atoms with Crippen molar-refractivity contribution in [2.24, 2.45) is 0 Å². The molecule has 0 aliphatic rings. The zero-order valence-electron chi connectivity index (χ0n) is 11.9. The summed E-state index contributed by atoms with van der Waals surface area (Å²) >= 11 is 0. The fourth-order valence-electron chi connectivity index (χ4n) is 2.44. The van der Waals surface area contributed by atoms with Crippen molar-refractivity contribution >= 4 is 21.9 Å². The average Bonchev–Trinajstić information content (AvgIpc) is 2.58. The fourth-order valence-corrected chi connectivity index (χ4v) is 2.44. The predicted octanol–water partition coefficient (Wildman–Crippen LogP) is 1.08. The van der Waals surface area contributed by atoms with Crippen LogP contribution in [0.4, 0.5) is 0 Å². The molecule has 2 aromatic heterocycles. The van der Waals surface area contributed by atoms with E-state index in [4.69, 9.17) is 0 Å². The summed E-state index contributed by atoms with van der Waals surface area (Å²) in [5.41, 5.74) is 1.40. The van der Waals surface area contributed by atoms with Crippen molar-refractivity contribution in [1.29, 1.82) is 0 Å². The lowest BCUT2D eigenvalue weighted by atomic mass is 10.2. The summed E-state index contributed by atoms with van der Waals surface area (Å²) in [6.45, 7) is -0.0309. The molecule has 0 aliphatic heterocycles. The normalized spacial score (nSPS) is 11.1. The smallest absolute Gasteiger partial charge is 0.277 e. The molecule has 4 aromatic rings. The number of benzene rings is 2. The van der Waals surface area contributed by atoms with Gasteiger partial charge in [-0.25, -0.2) is 9.67 Å². The Balaban J connectivity index is 1.85. The number of nitrogens with one attached hydrogen (secondary N) is 1. The molecule has 0 saturated heterocycles. The largest absolute Gasteiger partial charge is 0.319 e. The van der Waals surface area contributed by atoms with E-state index >= 15 is 0 Å². The van der Waals surface area contributed by atoms with E-state index in [9.17, 15) is 9.59 Å². The topological polar surface area (TPSA) is 93.5 Å². The number of fused-ring (bicyclic) bond motifs is 2. The van der Waals surface area contributed by atoms with Crippen LogP contribution in [0.1, 0.15) is 5.69 Å². The number of aromatic amines is 1. The van der Waals surface area contributed by atoms with Gasteiger partial charge in [-0.3, -0.25) is 9.59 Å². The first-order valence-corrected chi connectivity index (χ1v) is 7.03. The van der Waals surface area contributed by atoms with Crippen LogP contribution in [-0.2, 0) is 6.54 Å². The van der Waals surface area contributed by atoms with Gasteiger partial charge in [0.05, 0.1) is 23.0 Å². The molecular weight excluding hydrogens is 294 g/mol. The summed E-state index contributed by atoms with van der Waals surface area (Å²) in [7, 11) is 0. The Labute approximate surface area is 129 Å². The van der Waals surface area contributed by atoms with Crippen molar-refractivity contribution in [2.45, 2.75) is 6.54 Å². The molecule has 4 rings (SSSR count). The van der Waals surface area contributed by atoms with Crippen molar-refractivity contribution in [3.63, 3.8) is 0 Å². The number of H-pyrrole nitrogens is 1. The molecule has 0 atom stereocenters. The number of rotatable bonds is 2. The van der Waals surface area contributed by atoms with Gasteiger partial charge in [-0.2, -0.15) is 0 Å². The Kier molecular flexibility index (Phi) is 2.97. The average molecular weight is 305 g/mol. The highest BCUT2D eigenvalue weighted by molar-refractivity contribution is 5.76.